The van der Waals surface area contributed by atoms with Crippen molar-refractivity contribution in [2.45, 2.75) is 45.6 Å². The highest BCUT2D eigenvalue weighted by atomic mass is 35.5. The lowest BCUT2D eigenvalue weighted by atomic mass is 10.2. The number of benzene rings is 2. The number of carboxylic acids is 2. The number of rotatable bonds is 9. The molecule has 0 radical (unpaired) electrons. The van der Waals surface area contributed by atoms with Crippen molar-refractivity contribution in [2.75, 3.05) is 24.8 Å². The zero-order valence-corrected chi connectivity index (χ0v) is 28.3. The molecule has 1 aliphatic heterocycles. The Morgan fingerprint density at radius 1 is 1.06 bits per heavy atom. The first kappa shape index (κ1) is 39.7. The molecule has 5 N–H and O–H groups in total. The van der Waals surface area contributed by atoms with Gasteiger partial charge < -0.3 is 34.2 Å². The third kappa shape index (κ3) is 11.6. The Balaban J connectivity index is 0.000000281. The molecular formula is C28H31Cl3FN2O12P. The number of carbonyl (C=O) groups excluding carboxylic acids is 2. The molecule has 1 aliphatic carbocycles. The number of hydrogen-bond acceptors (Lipinski definition) is 9. The summed E-state index contributed by atoms with van der Waals surface area (Å²) in [5.74, 6) is -3.55. The molecule has 2 aliphatic rings. The minimum absolute atomic E-state index is 0.00962. The number of nitrogens with one attached hydrogen (secondary N) is 1. The molecule has 2 aromatic rings. The summed E-state index contributed by atoms with van der Waals surface area (Å²) in [6.45, 7) is 2.83. The summed E-state index contributed by atoms with van der Waals surface area (Å²) in [5, 5.41) is 19.3. The minimum Gasteiger partial charge on any atom is -0.494 e. The van der Waals surface area contributed by atoms with Gasteiger partial charge in [0.15, 0.2) is 11.5 Å². The van der Waals surface area contributed by atoms with E-state index in [0.29, 0.717) is 10.5 Å². The maximum Gasteiger partial charge on any atom is 0.427 e. The molecular weight excluding hydrogens is 713 g/mol. The van der Waals surface area contributed by atoms with E-state index >= 15 is 0 Å². The largest absolute Gasteiger partial charge is 0.494 e. The number of hydrogen-bond donors (Lipinski definition) is 5. The van der Waals surface area contributed by atoms with E-state index in [1.54, 1.807) is 13.8 Å². The molecule has 1 saturated heterocycles. The van der Waals surface area contributed by atoms with Crippen LogP contribution in [0, 0.1) is 5.82 Å². The van der Waals surface area contributed by atoms with Crippen molar-refractivity contribution in [2.24, 2.45) is 0 Å². The van der Waals surface area contributed by atoms with Crippen molar-refractivity contribution in [1.29, 1.82) is 0 Å². The zero-order chi connectivity index (χ0) is 35.6. The van der Waals surface area contributed by atoms with E-state index in [1.807, 2.05) is 0 Å². The van der Waals surface area contributed by atoms with Crippen LogP contribution in [0.2, 0.25) is 15.1 Å². The molecule has 19 heteroatoms. The van der Waals surface area contributed by atoms with Crippen LogP contribution >= 0.6 is 42.4 Å². The average molecular weight is 744 g/mol. The van der Waals surface area contributed by atoms with Crippen molar-refractivity contribution in [3.63, 3.8) is 0 Å². The lowest BCUT2D eigenvalue weighted by molar-refractivity contribution is -0.135. The summed E-state index contributed by atoms with van der Waals surface area (Å²) in [5.41, 5.74) is 0.197. The highest BCUT2D eigenvalue weighted by Crippen LogP contribution is 2.38. The molecule has 1 heterocycles. The van der Waals surface area contributed by atoms with E-state index in [9.17, 15) is 28.1 Å². The molecule has 1 saturated carbocycles. The van der Waals surface area contributed by atoms with Crippen LogP contribution in [0.25, 0.3) is 0 Å². The monoisotopic (exact) mass is 742 g/mol. The van der Waals surface area contributed by atoms with Crippen LogP contribution in [0.3, 0.4) is 0 Å². The molecule has 0 spiro atoms. The Morgan fingerprint density at radius 2 is 1.66 bits per heavy atom. The first-order valence-electron chi connectivity index (χ1n) is 13.5. The number of nitrogens with zero attached hydrogens (tertiary/aromatic N) is 1. The molecule has 0 unspecified atom stereocenters. The molecule has 0 aromatic heterocycles. The predicted octanol–water partition coefficient (Wildman–Crippen LogP) is 6.07. The third-order valence-corrected chi connectivity index (χ3v) is 7.68. The highest BCUT2D eigenvalue weighted by molar-refractivity contribution is 7.51. The smallest absolute Gasteiger partial charge is 0.427 e. The maximum atomic E-state index is 14.3. The second kappa shape index (κ2) is 17.6. The van der Waals surface area contributed by atoms with Gasteiger partial charge in [0, 0.05) is 6.07 Å². The van der Waals surface area contributed by atoms with Gasteiger partial charge >= 0.3 is 31.5 Å². The summed E-state index contributed by atoms with van der Waals surface area (Å²) in [4.78, 5) is 61.9. The quantitative estimate of drug-likeness (QED) is 0.146. The Bertz CT molecular complexity index is 1590. The van der Waals surface area contributed by atoms with Gasteiger partial charge in [0.1, 0.15) is 17.1 Å². The highest BCUT2D eigenvalue weighted by Gasteiger charge is 2.40. The van der Waals surface area contributed by atoms with Gasteiger partial charge in [-0.2, -0.15) is 0 Å². The topological polar surface area (TPSA) is 209 Å². The number of imide groups is 1. The standard InChI is InChI=1S/C17H17ClFNO4.C8H6Cl2O3.C3H8NO5P/c1-9(2)15-16(21)20(17(22)24-15)13-8-14(11(18)7-12(13)19)23-10-5-3-4-6-10;1-13-7-5(10)3-2-4(9)6(7)8(11)12;5-3(6)1-4-2-10(7,8)9/h7-8,10H,3-6H2,1-2H3;2-3H,1H3,(H,11,12);4H,1-2H2,(H,5,6)(H2,7,8,9). The third-order valence-electron chi connectivity index (χ3n) is 6.13. The number of amides is 2. The second-order valence-corrected chi connectivity index (χ2v) is 12.8. The summed E-state index contributed by atoms with van der Waals surface area (Å²) < 4.78 is 39.9. The first-order valence-corrected chi connectivity index (χ1v) is 16.4. The maximum absolute atomic E-state index is 14.3. The van der Waals surface area contributed by atoms with Crippen LogP contribution in [-0.4, -0.2) is 70.0 Å². The van der Waals surface area contributed by atoms with Crippen molar-refractivity contribution in [3.8, 4) is 11.5 Å². The van der Waals surface area contributed by atoms with Crippen LogP contribution in [0.4, 0.5) is 14.9 Å². The van der Waals surface area contributed by atoms with Crippen molar-refractivity contribution < 1.29 is 62.3 Å². The molecule has 2 amide bonds. The van der Waals surface area contributed by atoms with E-state index < -0.39 is 50.2 Å². The number of carbonyl (C=O) groups is 4. The molecule has 2 aromatic carbocycles. The van der Waals surface area contributed by atoms with Crippen LogP contribution in [0.1, 0.15) is 49.9 Å². The number of carboxylic acid groups (broad SMARTS) is 2. The second-order valence-electron chi connectivity index (χ2n) is 9.98. The van der Waals surface area contributed by atoms with Gasteiger partial charge in [-0.25, -0.2) is 18.9 Å². The number of anilines is 1. The minimum atomic E-state index is -4.10. The van der Waals surface area contributed by atoms with Crippen molar-refractivity contribution in [3.05, 3.63) is 62.0 Å². The van der Waals surface area contributed by atoms with Crippen LogP contribution in [0.15, 0.2) is 35.6 Å². The summed E-state index contributed by atoms with van der Waals surface area (Å²) in [6, 6.07) is 5.22. The zero-order valence-electron chi connectivity index (χ0n) is 25.1. The number of aliphatic carboxylic acids is 1. The number of cyclic esters (lactones) is 1. The molecule has 14 nitrogen and oxygen atoms in total. The van der Waals surface area contributed by atoms with E-state index in [0.717, 1.165) is 31.7 Å². The van der Waals surface area contributed by atoms with Gasteiger partial charge in [0.2, 0.25) is 0 Å². The van der Waals surface area contributed by atoms with Gasteiger partial charge in [0.05, 0.1) is 46.8 Å². The van der Waals surface area contributed by atoms with Crippen molar-refractivity contribution >= 4 is 72.0 Å². The Labute approximate surface area is 283 Å². The Hall–Kier alpha value is -3.43. The first-order chi connectivity index (χ1) is 21.9. The van der Waals surface area contributed by atoms with E-state index in [2.05, 4.69) is 5.32 Å². The number of allylic oxidation sites excluding steroid dienone is 1. The van der Waals surface area contributed by atoms with Gasteiger partial charge in [-0.05, 0) is 63.3 Å². The van der Waals surface area contributed by atoms with Crippen LogP contribution < -0.4 is 19.7 Å². The molecule has 2 fully saturated rings. The molecule has 0 bridgehead atoms. The number of ether oxygens (including phenoxy) is 3. The average Bonchev–Trinajstić information content (AvgIpc) is 3.58. The fourth-order valence-corrected chi connectivity index (χ4v) is 5.15. The van der Waals surface area contributed by atoms with Gasteiger partial charge in [-0.1, -0.05) is 34.8 Å². The summed E-state index contributed by atoms with van der Waals surface area (Å²) in [6.07, 6.45) is 2.40. The number of aromatic carboxylic acids is 1. The molecule has 47 heavy (non-hydrogen) atoms. The molecule has 0 atom stereocenters. The lowest BCUT2D eigenvalue weighted by Crippen LogP contribution is -2.29. The lowest BCUT2D eigenvalue weighted by Gasteiger charge is -2.18. The van der Waals surface area contributed by atoms with E-state index in [4.69, 9.17) is 69.0 Å². The summed E-state index contributed by atoms with van der Waals surface area (Å²) >= 11 is 17.4. The Morgan fingerprint density at radius 3 is 2.13 bits per heavy atom. The van der Waals surface area contributed by atoms with Gasteiger partial charge in [-0.3, -0.25) is 19.5 Å². The van der Waals surface area contributed by atoms with E-state index in [-0.39, 0.29) is 49.7 Å². The van der Waals surface area contributed by atoms with Gasteiger partial charge in [-0.15, -0.1) is 0 Å². The summed E-state index contributed by atoms with van der Waals surface area (Å²) in [7, 11) is -2.76. The van der Waals surface area contributed by atoms with Crippen LogP contribution in [-0.2, 0) is 18.9 Å². The normalized spacial score (nSPS) is 14.5. The molecule has 4 rings (SSSR count). The molecule has 258 valence electrons. The van der Waals surface area contributed by atoms with E-state index in [1.165, 1.54) is 25.3 Å². The fraction of sp³-hybridized carbons (Fsp3) is 0.357. The SMILES string of the molecule is CC(C)=C1OC(=O)N(c2cc(OC3CCCC3)c(Cl)cc2F)C1=O.COc1c(Cl)ccc(Cl)c1C(=O)O.O=C(O)CNCP(=O)(O)O. The predicted molar refractivity (Wildman–Crippen MR) is 169 cm³/mol. The van der Waals surface area contributed by atoms with Crippen LogP contribution in [0.5, 0.6) is 11.5 Å². The van der Waals surface area contributed by atoms with Gasteiger partial charge in [0.25, 0.3) is 0 Å². The van der Waals surface area contributed by atoms with Crippen molar-refractivity contribution in [1.82, 2.24) is 5.32 Å². The Kier molecular flexibility index (Phi) is 14.9. The fourth-order valence-electron chi connectivity index (χ4n) is 4.09. The number of methoxy groups -OCH3 is 1. The number of halogens is 4.